The van der Waals surface area contributed by atoms with E-state index in [1.165, 1.54) is 4.31 Å². The molecule has 1 amide bonds. The van der Waals surface area contributed by atoms with Gasteiger partial charge in [-0.15, -0.1) is 0 Å². The van der Waals surface area contributed by atoms with Crippen LogP contribution in [0.25, 0.3) is 0 Å². The number of rotatable bonds is 4. The van der Waals surface area contributed by atoms with Crippen molar-refractivity contribution in [2.45, 2.75) is 45.4 Å². The predicted molar refractivity (Wildman–Crippen MR) is 102 cm³/mol. The highest BCUT2D eigenvalue weighted by Crippen LogP contribution is 2.29. The largest absolute Gasteiger partial charge is 0.353 e. The average Bonchev–Trinajstić information content (AvgIpc) is 3.19. The zero-order chi connectivity index (χ0) is 19.1. The number of amides is 1. The van der Waals surface area contributed by atoms with Crippen LogP contribution in [0.2, 0.25) is 0 Å². The quantitative estimate of drug-likeness (QED) is 0.860. The van der Waals surface area contributed by atoms with Crippen LogP contribution in [0.4, 0.5) is 5.69 Å². The molecule has 26 heavy (non-hydrogen) atoms. The van der Waals surface area contributed by atoms with Crippen LogP contribution in [0.15, 0.2) is 23.1 Å². The standard InChI is InChI=1S/C19H25N3O3S/c1-12-7-8-16(11-13(12)2)21-19(23)17-14(3)18(15(4)20-17)26(24,25)22-9-5-6-10-22/h7-8,11,20H,5-6,9-10H2,1-4H3,(H,21,23). The molecule has 0 saturated carbocycles. The number of aryl methyl sites for hydroxylation is 3. The second-order valence-electron chi connectivity index (χ2n) is 6.94. The summed E-state index contributed by atoms with van der Waals surface area (Å²) < 4.78 is 27.4. The minimum atomic E-state index is -3.58. The maximum atomic E-state index is 12.9. The fourth-order valence-corrected chi connectivity index (χ4v) is 5.34. The number of H-pyrrole nitrogens is 1. The van der Waals surface area contributed by atoms with E-state index in [2.05, 4.69) is 10.3 Å². The van der Waals surface area contributed by atoms with Crippen molar-refractivity contribution < 1.29 is 13.2 Å². The first kappa shape index (κ1) is 18.7. The van der Waals surface area contributed by atoms with E-state index in [4.69, 9.17) is 0 Å². The van der Waals surface area contributed by atoms with E-state index in [0.29, 0.717) is 35.7 Å². The Morgan fingerprint density at radius 3 is 2.35 bits per heavy atom. The number of hydrogen-bond donors (Lipinski definition) is 2. The third-order valence-corrected chi connectivity index (χ3v) is 7.20. The summed E-state index contributed by atoms with van der Waals surface area (Å²) in [6.45, 7) is 8.45. The molecule has 0 unspecified atom stereocenters. The highest BCUT2D eigenvalue weighted by Gasteiger charge is 2.33. The van der Waals surface area contributed by atoms with Crippen molar-refractivity contribution in [1.82, 2.24) is 9.29 Å². The topological polar surface area (TPSA) is 82.3 Å². The molecular formula is C19H25N3O3S. The van der Waals surface area contributed by atoms with Gasteiger partial charge in [-0.05, 0) is 69.4 Å². The number of nitrogens with one attached hydrogen (secondary N) is 2. The fraction of sp³-hybridized carbons (Fsp3) is 0.421. The number of sulfonamides is 1. The summed E-state index contributed by atoms with van der Waals surface area (Å²) in [5.41, 5.74) is 4.18. The number of aromatic amines is 1. The number of carbonyl (C=O) groups excluding carboxylic acids is 1. The molecule has 6 nitrogen and oxygen atoms in total. The molecule has 0 aliphatic carbocycles. The lowest BCUT2D eigenvalue weighted by atomic mass is 10.1. The van der Waals surface area contributed by atoms with Gasteiger partial charge in [0.15, 0.2) is 0 Å². The number of nitrogens with zero attached hydrogens (tertiary/aromatic N) is 1. The van der Waals surface area contributed by atoms with Crippen LogP contribution in [0.5, 0.6) is 0 Å². The van der Waals surface area contributed by atoms with E-state index in [9.17, 15) is 13.2 Å². The third-order valence-electron chi connectivity index (χ3n) is 5.02. The van der Waals surface area contributed by atoms with Crippen molar-refractivity contribution in [3.63, 3.8) is 0 Å². The lowest BCUT2D eigenvalue weighted by molar-refractivity contribution is 0.102. The van der Waals surface area contributed by atoms with Crippen LogP contribution >= 0.6 is 0 Å². The Morgan fingerprint density at radius 2 is 1.73 bits per heavy atom. The Kier molecular flexibility index (Phi) is 4.94. The molecule has 0 atom stereocenters. The van der Waals surface area contributed by atoms with Gasteiger partial charge in [-0.2, -0.15) is 4.31 Å². The van der Waals surface area contributed by atoms with Crippen molar-refractivity contribution in [1.29, 1.82) is 0 Å². The maximum Gasteiger partial charge on any atom is 0.272 e. The molecule has 1 aromatic heterocycles. The molecule has 1 aromatic carbocycles. The molecule has 1 aliphatic rings. The number of hydrogen-bond acceptors (Lipinski definition) is 3. The van der Waals surface area contributed by atoms with Crippen molar-refractivity contribution in [2.75, 3.05) is 18.4 Å². The SMILES string of the molecule is Cc1ccc(NC(=O)c2[nH]c(C)c(S(=O)(=O)N3CCCC3)c2C)cc1C. The molecule has 0 bridgehead atoms. The molecule has 3 rings (SSSR count). The lowest BCUT2D eigenvalue weighted by Gasteiger charge is -2.16. The molecular weight excluding hydrogens is 350 g/mol. The molecule has 1 aliphatic heterocycles. The minimum Gasteiger partial charge on any atom is -0.353 e. The predicted octanol–water partition coefficient (Wildman–Crippen LogP) is 3.29. The van der Waals surface area contributed by atoms with E-state index in [-0.39, 0.29) is 10.8 Å². The van der Waals surface area contributed by atoms with E-state index in [1.54, 1.807) is 13.8 Å². The zero-order valence-corrected chi connectivity index (χ0v) is 16.5. The van der Waals surface area contributed by atoms with Gasteiger partial charge in [0.05, 0.1) is 0 Å². The number of carbonyl (C=O) groups is 1. The van der Waals surface area contributed by atoms with E-state index < -0.39 is 10.0 Å². The van der Waals surface area contributed by atoms with Gasteiger partial charge in [-0.1, -0.05) is 6.07 Å². The molecule has 1 fully saturated rings. The Labute approximate surface area is 154 Å². The molecule has 2 aromatic rings. The first-order valence-corrected chi connectivity index (χ1v) is 10.2. The van der Waals surface area contributed by atoms with Gasteiger partial charge in [-0.3, -0.25) is 4.79 Å². The molecule has 7 heteroatoms. The van der Waals surface area contributed by atoms with Crippen LogP contribution in [0, 0.1) is 27.7 Å². The Morgan fingerprint density at radius 1 is 1.08 bits per heavy atom. The van der Waals surface area contributed by atoms with Crippen LogP contribution in [0.1, 0.15) is 45.7 Å². The normalized spacial score (nSPS) is 15.4. The summed E-state index contributed by atoms with van der Waals surface area (Å²) in [4.78, 5) is 15.9. The van der Waals surface area contributed by atoms with E-state index in [0.717, 1.165) is 24.0 Å². The summed E-state index contributed by atoms with van der Waals surface area (Å²) >= 11 is 0. The van der Waals surface area contributed by atoms with E-state index in [1.807, 2.05) is 32.0 Å². The first-order chi connectivity index (χ1) is 12.2. The fourth-order valence-electron chi connectivity index (χ4n) is 3.42. The van der Waals surface area contributed by atoms with Gasteiger partial charge < -0.3 is 10.3 Å². The van der Waals surface area contributed by atoms with Crippen molar-refractivity contribution in [3.8, 4) is 0 Å². The summed E-state index contributed by atoms with van der Waals surface area (Å²) in [6, 6.07) is 5.69. The van der Waals surface area contributed by atoms with E-state index >= 15 is 0 Å². The number of benzene rings is 1. The Hall–Kier alpha value is -2.12. The van der Waals surface area contributed by atoms with Crippen LogP contribution in [-0.2, 0) is 10.0 Å². The van der Waals surface area contributed by atoms with Crippen molar-refractivity contribution in [2.24, 2.45) is 0 Å². The number of aromatic nitrogens is 1. The highest BCUT2D eigenvalue weighted by atomic mass is 32.2. The monoisotopic (exact) mass is 375 g/mol. The second kappa shape index (κ2) is 6.89. The molecule has 140 valence electrons. The van der Waals surface area contributed by atoms with Crippen LogP contribution < -0.4 is 5.32 Å². The summed E-state index contributed by atoms with van der Waals surface area (Å²) in [7, 11) is -3.58. The van der Waals surface area contributed by atoms with Crippen LogP contribution in [-0.4, -0.2) is 36.7 Å². The molecule has 2 heterocycles. The summed E-state index contributed by atoms with van der Waals surface area (Å²) in [6.07, 6.45) is 1.75. The molecule has 1 saturated heterocycles. The Balaban J connectivity index is 1.92. The van der Waals surface area contributed by atoms with Crippen molar-refractivity contribution >= 4 is 21.6 Å². The van der Waals surface area contributed by atoms with Gasteiger partial charge in [0.2, 0.25) is 10.0 Å². The molecule has 0 radical (unpaired) electrons. The number of anilines is 1. The minimum absolute atomic E-state index is 0.227. The average molecular weight is 375 g/mol. The van der Waals surface area contributed by atoms with Gasteiger partial charge in [0, 0.05) is 24.5 Å². The Bertz CT molecular complexity index is 955. The smallest absolute Gasteiger partial charge is 0.272 e. The molecule has 2 N–H and O–H groups in total. The van der Waals surface area contributed by atoms with Gasteiger partial charge >= 0.3 is 0 Å². The highest BCUT2D eigenvalue weighted by molar-refractivity contribution is 7.89. The van der Waals surface area contributed by atoms with Gasteiger partial charge in [0.25, 0.3) is 5.91 Å². The summed E-state index contributed by atoms with van der Waals surface area (Å²) in [5, 5.41) is 2.85. The van der Waals surface area contributed by atoms with Gasteiger partial charge in [0.1, 0.15) is 10.6 Å². The van der Waals surface area contributed by atoms with Gasteiger partial charge in [-0.25, -0.2) is 8.42 Å². The summed E-state index contributed by atoms with van der Waals surface area (Å²) in [5.74, 6) is -0.336. The molecule has 0 spiro atoms. The lowest BCUT2D eigenvalue weighted by Crippen LogP contribution is -2.28. The van der Waals surface area contributed by atoms with Crippen molar-refractivity contribution in [3.05, 3.63) is 46.3 Å². The van der Waals surface area contributed by atoms with Crippen LogP contribution in [0.3, 0.4) is 0 Å². The second-order valence-corrected chi connectivity index (χ2v) is 8.82. The first-order valence-electron chi connectivity index (χ1n) is 8.79. The maximum absolute atomic E-state index is 12.9. The third kappa shape index (κ3) is 3.29. The zero-order valence-electron chi connectivity index (χ0n) is 15.6.